The van der Waals surface area contributed by atoms with Gasteiger partial charge >= 0.3 is 0 Å². The molecular formula is C11H14N2O2. The summed E-state index contributed by atoms with van der Waals surface area (Å²) in [5, 5.41) is 2.51. The molecule has 0 spiro atoms. The van der Waals surface area contributed by atoms with Crippen molar-refractivity contribution in [2.75, 3.05) is 21.1 Å². The molecule has 0 bridgehead atoms. The molecule has 1 aromatic carbocycles. The Morgan fingerprint density at radius 2 is 1.80 bits per heavy atom. The maximum atomic E-state index is 11.6. The zero-order chi connectivity index (χ0) is 11.4. The summed E-state index contributed by atoms with van der Waals surface area (Å²) in [5.74, 6) is -0.302. The predicted octanol–water partition coefficient (Wildman–Crippen LogP) is 0.748. The number of nitrogens with zero attached hydrogens (tertiary/aromatic N) is 1. The van der Waals surface area contributed by atoms with Crippen molar-refractivity contribution < 1.29 is 9.59 Å². The van der Waals surface area contributed by atoms with E-state index in [-0.39, 0.29) is 11.8 Å². The van der Waals surface area contributed by atoms with Gasteiger partial charge in [0.05, 0.1) is 0 Å². The fraction of sp³-hybridized carbons (Fsp3) is 0.273. The summed E-state index contributed by atoms with van der Waals surface area (Å²) in [7, 11) is 4.91. The highest BCUT2D eigenvalue weighted by Gasteiger charge is 2.10. The summed E-state index contributed by atoms with van der Waals surface area (Å²) in [6.45, 7) is 0. The SMILES string of the molecule is CNC(=O)c1cccc(C(=O)N(C)C)c1. The van der Waals surface area contributed by atoms with Crippen LogP contribution in [0.5, 0.6) is 0 Å². The van der Waals surface area contributed by atoms with Crippen molar-refractivity contribution in [2.24, 2.45) is 0 Å². The van der Waals surface area contributed by atoms with Gasteiger partial charge in [-0.05, 0) is 18.2 Å². The van der Waals surface area contributed by atoms with Gasteiger partial charge < -0.3 is 10.2 Å². The highest BCUT2D eigenvalue weighted by Crippen LogP contribution is 2.07. The quantitative estimate of drug-likeness (QED) is 0.776. The second kappa shape index (κ2) is 4.59. The number of amides is 2. The van der Waals surface area contributed by atoms with Crippen LogP contribution < -0.4 is 5.32 Å². The Morgan fingerprint density at radius 1 is 1.20 bits per heavy atom. The molecule has 1 N–H and O–H groups in total. The molecule has 0 saturated heterocycles. The van der Waals surface area contributed by atoms with E-state index < -0.39 is 0 Å². The first-order valence-electron chi connectivity index (χ1n) is 4.60. The predicted molar refractivity (Wildman–Crippen MR) is 57.8 cm³/mol. The summed E-state index contributed by atoms with van der Waals surface area (Å²) >= 11 is 0. The van der Waals surface area contributed by atoms with Crippen molar-refractivity contribution >= 4 is 11.8 Å². The van der Waals surface area contributed by atoms with E-state index >= 15 is 0 Å². The number of hydrogen-bond donors (Lipinski definition) is 1. The van der Waals surface area contributed by atoms with Gasteiger partial charge in [0.1, 0.15) is 0 Å². The minimum Gasteiger partial charge on any atom is -0.355 e. The molecule has 0 fully saturated rings. The second-order valence-electron chi connectivity index (χ2n) is 3.36. The van der Waals surface area contributed by atoms with Gasteiger partial charge in [-0.25, -0.2) is 0 Å². The van der Waals surface area contributed by atoms with Crippen LogP contribution in [0.25, 0.3) is 0 Å². The van der Waals surface area contributed by atoms with Crippen LogP contribution in [0.2, 0.25) is 0 Å². The van der Waals surface area contributed by atoms with Gasteiger partial charge in [-0.1, -0.05) is 6.07 Å². The summed E-state index contributed by atoms with van der Waals surface area (Å²) in [6.07, 6.45) is 0. The number of hydrogen-bond acceptors (Lipinski definition) is 2. The zero-order valence-electron chi connectivity index (χ0n) is 9.07. The Bertz CT molecular complexity index is 386. The highest BCUT2D eigenvalue weighted by molar-refractivity contribution is 5.99. The first-order chi connectivity index (χ1) is 7.06. The van der Waals surface area contributed by atoms with Crippen molar-refractivity contribution in [3.63, 3.8) is 0 Å². The van der Waals surface area contributed by atoms with E-state index in [1.54, 1.807) is 45.4 Å². The average molecular weight is 206 g/mol. The van der Waals surface area contributed by atoms with E-state index in [2.05, 4.69) is 5.32 Å². The average Bonchev–Trinajstić information content (AvgIpc) is 2.27. The molecule has 80 valence electrons. The third-order valence-corrected chi connectivity index (χ3v) is 2.00. The molecule has 1 rings (SSSR count). The third-order valence-electron chi connectivity index (χ3n) is 2.00. The molecule has 0 heterocycles. The number of nitrogens with one attached hydrogen (secondary N) is 1. The molecule has 0 aromatic heterocycles. The number of rotatable bonds is 2. The van der Waals surface area contributed by atoms with Crippen LogP contribution in [0.15, 0.2) is 24.3 Å². The molecule has 0 aliphatic heterocycles. The molecule has 15 heavy (non-hydrogen) atoms. The normalized spacial score (nSPS) is 9.53. The van der Waals surface area contributed by atoms with E-state index in [9.17, 15) is 9.59 Å². The Hall–Kier alpha value is -1.84. The fourth-order valence-corrected chi connectivity index (χ4v) is 1.20. The largest absolute Gasteiger partial charge is 0.355 e. The lowest BCUT2D eigenvalue weighted by molar-refractivity contribution is 0.0827. The Balaban J connectivity index is 3.02. The maximum Gasteiger partial charge on any atom is 0.253 e. The van der Waals surface area contributed by atoms with Crippen LogP contribution in [0.3, 0.4) is 0 Å². The smallest absolute Gasteiger partial charge is 0.253 e. The van der Waals surface area contributed by atoms with Gasteiger partial charge in [-0.2, -0.15) is 0 Å². The van der Waals surface area contributed by atoms with Crippen LogP contribution in [0.1, 0.15) is 20.7 Å². The van der Waals surface area contributed by atoms with Crippen LogP contribution in [0.4, 0.5) is 0 Å². The molecule has 0 atom stereocenters. The van der Waals surface area contributed by atoms with Crippen molar-refractivity contribution in [3.05, 3.63) is 35.4 Å². The molecule has 4 nitrogen and oxygen atoms in total. The van der Waals surface area contributed by atoms with Gasteiger partial charge in [0.2, 0.25) is 0 Å². The van der Waals surface area contributed by atoms with E-state index in [0.717, 1.165) is 0 Å². The van der Waals surface area contributed by atoms with Crippen LogP contribution in [0, 0.1) is 0 Å². The van der Waals surface area contributed by atoms with Gasteiger partial charge in [0, 0.05) is 32.3 Å². The second-order valence-corrected chi connectivity index (χ2v) is 3.36. The fourth-order valence-electron chi connectivity index (χ4n) is 1.20. The van der Waals surface area contributed by atoms with E-state index in [4.69, 9.17) is 0 Å². The van der Waals surface area contributed by atoms with Crippen LogP contribution in [-0.2, 0) is 0 Å². The molecule has 0 radical (unpaired) electrons. The summed E-state index contributed by atoms with van der Waals surface area (Å²) < 4.78 is 0. The first-order valence-corrected chi connectivity index (χ1v) is 4.60. The zero-order valence-corrected chi connectivity index (χ0v) is 9.07. The van der Waals surface area contributed by atoms with Crippen LogP contribution in [-0.4, -0.2) is 37.9 Å². The molecule has 0 unspecified atom stereocenters. The number of carbonyl (C=O) groups excluding carboxylic acids is 2. The molecule has 2 amide bonds. The maximum absolute atomic E-state index is 11.6. The summed E-state index contributed by atoms with van der Waals surface area (Å²) in [6, 6.07) is 6.64. The lowest BCUT2D eigenvalue weighted by Crippen LogP contribution is -2.23. The molecule has 0 aliphatic carbocycles. The van der Waals surface area contributed by atoms with Crippen molar-refractivity contribution in [2.45, 2.75) is 0 Å². The summed E-state index contributed by atoms with van der Waals surface area (Å²) in [4.78, 5) is 24.4. The molecule has 0 saturated carbocycles. The van der Waals surface area contributed by atoms with Crippen molar-refractivity contribution in [1.82, 2.24) is 10.2 Å². The lowest BCUT2D eigenvalue weighted by Gasteiger charge is -2.10. The van der Waals surface area contributed by atoms with Crippen LogP contribution >= 0.6 is 0 Å². The monoisotopic (exact) mass is 206 g/mol. The van der Waals surface area contributed by atoms with E-state index in [0.29, 0.717) is 11.1 Å². The highest BCUT2D eigenvalue weighted by atomic mass is 16.2. The minimum atomic E-state index is -0.191. The third kappa shape index (κ3) is 2.56. The Labute approximate surface area is 88.9 Å². The number of carbonyl (C=O) groups is 2. The van der Waals surface area contributed by atoms with E-state index in [1.165, 1.54) is 4.90 Å². The standard InChI is InChI=1S/C11H14N2O2/c1-12-10(14)8-5-4-6-9(7-8)11(15)13(2)3/h4-7H,1-3H3,(H,12,14). The topological polar surface area (TPSA) is 49.4 Å². The first kappa shape index (κ1) is 11.2. The van der Waals surface area contributed by atoms with Gasteiger partial charge in [-0.15, -0.1) is 0 Å². The lowest BCUT2D eigenvalue weighted by atomic mass is 10.1. The van der Waals surface area contributed by atoms with E-state index in [1.807, 2.05) is 0 Å². The molecule has 4 heteroatoms. The summed E-state index contributed by atoms with van der Waals surface area (Å²) in [5.41, 5.74) is 1.01. The minimum absolute atomic E-state index is 0.110. The molecule has 0 aliphatic rings. The Kier molecular flexibility index (Phi) is 3.44. The van der Waals surface area contributed by atoms with Gasteiger partial charge in [0.15, 0.2) is 0 Å². The molecule has 1 aromatic rings. The Morgan fingerprint density at radius 3 is 2.33 bits per heavy atom. The van der Waals surface area contributed by atoms with Crippen molar-refractivity contribution in [1.29, 1.82) is 0 Å². The van der Waals surface area contributed by atoms with Crippen molar-refractivity contribution in [3.8, 4) is 0 Å². The molecular weight excluding hydrogens is 192 g/mol. The number of benzene rings is 1. The van der Waals surface area contributed by atoms with Gasteiger partial charge in [-0.3, -0.25) is 9.59 Å². The van der Waals surface area contributed by atoms with Gasteiger partial charge in [0.25, 0.3) is 11.8 Å².